The zero-order valence-electron chi connectivity index (χ0n) is 11.2. The molecule has 11 heteroatoms. The second-order valence-corrected chi connectivity index (χ2v) is 4.33. The van der Waals surface area contributed by atoms with E-state index in [0.29, 0.717) is 18.1 Å². The number of unbranched alkanes of at least 4 members (excludes halogenated alkanes) is 1. The molecule has 0 saturated heterocycles. The lowest BCUT2D eigenvalue weighted by Crippen LogP contribution is -2.04. The Bertz CT molecular complexity index is 743. The highest BCUT2D eigenvalue weighted by molar-refractivity contribution is 5.67. The van der Waals surface area contributed by atoms with Gasteiger partial charge in [0.15, 0.2) is 28.8 Å². The highest BCUT2D eigenvalue weighted by Gasteiger charge is 2.22. The lowest BCUT2D eigenvalue weighted by Gasteiger charge is -2.01. The van der Waals surface area contributed by atoms with Crippen molar-refractivity contribution in [3.8, 4) is 23.0 Å². The van der Waals surface area contributed by atoms with Crippen LogP contribution >= 0.6 is 0 Å². The van der Waals surface area contributed by atoms with Gasteiger partial charge in [0.2, 0.25) is 5.82 Å². The number of nitrogen functional groups attached to an aromatic ring is 2. The van der Waals surface area contributed by atoms with Crippen LogP contribution in [-0.4, -0.2) is 35.4 Å². The van der Waals surface area contributed by atoms with Crippen molar-refractivity contribution in [1.82, 2.24) is 35.4 Å². The topological polar surface area (TPSA) is 161 Å². The number of hydrogen-bond acceptors (Lipinski definition) is 10. The molecule has 21 heavy (non-hydrogen) atoms. The molecule has 4 N–H and O–H groups in total. The molecule has 3 aromatic heterocycles. The lowest BCUT2D eigenvalue weighted by molar-refractivity contribution is 0.310. The standard InChI is InChI=1S/C10H13N9O2/c1-2-3-4-19-10(6-8(12)18-21-16-6)13-9(14-19)5-7(11)17-20-15-5/h2-4H2,1H3,(H2,11,17)(H2,12,18). The van der Waals surface area contributed by atoms with E-state index in [1.54, 1.807) is 4.68 Å². The summed E-state index contributed by atoms with van der Waals surface area (Å²) in [6, 6.07) is 0. The monoisotopic (exact) mass is 291 g/mol. The Balaban J connectivity index is 2.07. The van der Waals surface area contributed by atoms with Gasteiger partial charge in [0.05, 0.1) is 0 Å². The summed E-state index contributed by atoms with van der Waals surface area (Å²) < 4.78 is 10.8. The van der Waals surface area contributed by atoms with Crippen LogP contribution in [0.25, 0.3) is 23.0 Å². The van der Waals surface area contributed by atoms with Gasteiger partial charge in [0.1, 0.15) is 0 Å². The molecular weight excluding hydrogens is 278 g/mol. The maximum absolute atomic E-state index is 5.71. The summed E-state index contributed by atoms with van der Waals surface area (Å²) >= 11 is 0. The molecule has 0 aliphatic rings. The third-order valence-corrected chi connectivity index (χ3v) is 2.85. The third kappa shape index (κ3) is 2.28. The molecule has 0 aliphatic carbocycles. The maximum atomic E-state index is 5.71. The van der Waals surface area contributed by atoms with Crippen LogP contribution in [0.3, 0.4) is 0 Å². The quantitative estimate of drug-likeness (QED) is 0.670. The summed E-state index contributed by atoms with van der Waals surface area (Å²) in [6.45, 7) is 2.71. The zero-order valence-corrected chi connectivity index (χ0v) is 11.2. The van der Waals surface area contributed by atoms with E-state index < -0.39 is 0 Å². The molecule has 11 nitrogen and oxygen atoms in total. The molecule has 0 aliphatic heterocycles. The van der Waals surface area contributed by atoms with Crippen LogP contribution in [0.15, 0.2) is 9.26 Å². The number of anilines is 2. The van der Waals surface area contributed by atoms with E-state index in [-0.39, 0.29) is 23.2 Å². The highest BCUT2D eigenvalue weighted by atomic mass is 16.6. The van der Waals surface area contributed by atoms with Crippen LogP contribution in [0.5, 0.6) is 0 Å². The molecule has 3 aromatic rings. The average Bonchev–Trinajstić information content (AvgIpc) is 3.16. The van der Waals surface area contributed by atoms with E-state index >= 15 is 0 Å². The first-order valence-corrected chi connectivity index (χ1v) is 6.32. The molecule has 3 rings (SSSR count). The summed E-state index contributed by atoms with van der Waals surface area (Å²) in [7, 11) is 0. The van der Waals surface area contributed by atoms with E-state index in [9.17, 15) is 0 Å². The SMILES string of the molecule is CCCCn1nc(-c2nonc2N)nc1-c1nonc1N. The highest BCUT2D eigenvalue weighted by Crippen LogP contribution is 2.25. The number of nitrogens with zero attached hydrogens (tertiary/aromatic N) is 7. The Morgan fingerprint density at radius 2 is 1.67 bits per heavy atom. The van der Waals surface area contributed by atoms with Gasteiger partial charge in [-0.3, -0.25) is 0 Å². The van der Waals surface area contributed by atoms with Gasteiger partial charge in [0, 0.05) is 6.54 Å². The minimum Gasteiger partial charge on any atom is -0.379 e. The van der Waals surface area contributed by atoms with Crippen molar-refractivity contribution in [2.75, 3.05) is 11.5 Å². The summed E-state index contributed by atoms with van der Waals surface area (Å²) in [5.41, 5.74) is 11.9. The molecule has 0 aromatic carbocycles. The number of hydrogen-bond donors (Lipinski definition) is 2. The van der Waals surface area contributed by atoms with Crippen LogP contribution in [-0.2, 0) is 6.54 Å². The smallest absolute Gasteiger partial charge is 0.207 e. The van der Waals surface area contributed by atoms with Crippen molar-refractivity contribution in [3.63, 3.8) is 0 Å². The van der Waals surface area contributed by atoms with Crippen LogP contribution in [0.2, 0.25) is 0 Å². The van der Waals surface area contributed by atoms with E-state index in [2.05, 4.69) is 46.9 Å². The van der Waals surface area contributed by atoms with Crippen molar-refractivity contribution < 1.29 is 9.26 Å². The third-order valence-electron chi connectivity index (χ3n) is 2.85. The molecule has 0 amide bonds. The summed E-state index contributed by atoms with van der Waals surface area (Å²) in [5, 5.41) is 18.8. The molecule has 110 valence electrons. The molecular formula is C10H13N9O2. The molecule has 0 radical (unpaired) electrons. The van der Waals surface area contributed by atoms with Crippen molar-refractivity contribution in [2.24, 2.45) is 0 Å². The Labute approximate surface area is 118 Å². The van der Waals surface area contributed by atoms with Gasteiger partial charge in [0.25, 0.3) is 0 Å². The van der Waals surface area contributed by atoms with Gasteiger partial charge in [-0.25, -0.2) is 18.9 Å². The van der Waals surface area contributed by atoms with Gasteiger partial charge in [-0.2, -0.15) is 0 Å². The summed E-state index contributed by atoms with van der Waals surface area (Å²) in [5.74, 6) is 0.959. The van der Waals surface area contributed by atoms with E-state index in [1.165, 1.54) is 0 Å². The Morgan fingerprint density at radius 1 is 1.00 bits per heavy atom. The zero-order chi connectivity index (χ0) is 14.8. The van der Waals surface area contributed by atoms with Crippen molar-refractivity contribution in [2.45, 2.75) is 26.3 Å². The summed E-state index contributed by atoms with van der Waals surface area (Å²) in [4.78, 5) is 4.34. The predicted molar refractivity (Wildman–Crippen MR) is 70.3 cm³/mol. The number of aromatic nitrogens is 7. The Hall–Kier alpha value is -2.98. The van der Waals surface area contributed by atoms with Crippen LogP contribution in [0.4, 0.5) is 11.6 Å². The Morgan fingerprint density at radius 3 is 2.24 bits per heavy atom. The van der Waals surface area contributed by atoms with Crippen molar-refractivity contribution in [1.29, 1.82) is 0 Å². The average molecular weight is 291 g/mol. The maximum Gasteiger partial charge on any atom is 0.207 e. The minimum atomic E-state index is 0.112. The van der Waals surface area contributed by atoms with E-state index in [4.69, 9.17) is 11.5 Å². The van der Waals surface area contributed by atoms with Gasteiger partial charge >= 0.3 is 0 Å². The molecule has 0 bridgehead atoms. The molecule has 0 spiro atoms. The van der Waals surface area contributed by atoms with Crippen molar-refractivity contribution >= 4 is 11.6 Å². The first kappa shape index (κ1) is 13.0. The second kappa shape index (κ2) is 5.19. The molecule has 3 heterocycles. The number of nitrogens with two attached hydrogens (primary N) is 2. The number of aryl methyl sites for hydroxylation is 1. The largest absolute Gasteiger partial charge is 0.379 e. The molecule has 0 fully saturated rings. The van der Waals surface area contributed by atoms with Gasteiger partial charge in [-0.05, 0) is 27.0 Å². The fraction of sp³-hybridized carbons (Fsp3) is 0.400. The lowest BCUT2D eigenvalue weighted by atomic mass is 10.3. The van der Waals surface area contributed by atoms with E-state index in [0.717, 1.165) is 12.8 Å². The van der Waals surface area contributed by atoms with Crippen LogP contribution in [0, 0.1) is 0 Å². The van der Waals surface area contributed by atoms with Crippen molar-refractivity contribution in [3.05, 3.63) is 0 Å². The Kier molecular flexibility index (Phi) is 3.22. The molecule has 0 atom stereocenters. The fourth-order valence-electron chi connectivity index (χ4n) is 1.78. The van der Waals surface area contributed by atoms with Gasteiger partial charge < -0.3 is 11.5 Å². The predicted octanol–water partition coefficient (Wildman–Crippen LogP) is 0.343. The summed E-state index contributed by atoms with van der Waals surface area (Å²) in [6.07, 6.45) is 1.91. The second-order valence-electron chi connectivity index (χ2n) is 4.33. The molecule has 0 saturated carbocycles. The van der Waals surface area contributed by atoms with Crippen LogP contribution < -0.4 is 11.5 Å². The van der Waals surface area contributed by atoms with E-state index in [1.807, 2.05) is 0 Å². The fourth-order valence-corrected chi connectivity index (χ4v) is 1.78. The van der Waals surface area contributed by atoms with Gasteiger partial charge in [-0.1, -0.05) is 13.3 Å². The van der Waals surface area contributed by atoms with Gasteiger partial charge in [-0.15, -0.1) is 5.10 Å². The number of rotatable bonds is 5. The normalized spacial score (nSPS) is 11.1. The minimum absolute atomic E-state index is 0.112. The first-order valence-electron chi connectivity index (χ1n) is 6.32. The van der Waals surface area contributed by atoms with Crippen LogP contribution in [0.1, 0.15) is 19.8 Å². The first-order chi connectivity index (χ1) is 10.2. The molecule has 0 unspecified atom stereocenters.